The fourth-order valence-electron chi connectivity index (χ4n) is 8.41. The number of methoxy groups -OCH3 is 4. The number of aromatic nitrogens is 11. The number of imidazole rings is 3. The van der Waals surface area contributed by atoms with Crippen molar-refractivity contribution in [2.45, 2.75) is 66.5 Å². The van der Waals surface area contributed by atoms with Gasteiger partial charge in [-0.05, 0) is 70.5 Å². The molecule has 0 amide bonds. The quantitative estimate of drug-likeness (QED) is 0.0922. The molecule has 3 N–H and O–H groups in total. The lowest BCUT2D eigenvalue weighted by Gasteiger charge is -2.11. The normalized spacial score (nSPS) is 13.2. The van der Waals surface area contributed by atoms with Crippen molar-refractivity contribution >= 4 is 71.7 Å². The number of pyridine rings is 5. The Morgan fingerprint density at radius 2 is 1.25 bits per heavy atom. The Bertz CT molecular complexity index is 3880. The van der Waals surface area contributed by atoms with Crippen molar-refractivity contribution in [3.63, 3.8) is 0 Å². The molecule has 9 heterocycles. The minimum absolute atomic E-state index is 0.241. The zero-order chi connectivity index (χ0) is 54.3. The van der Waals surface area contributed by atoms with Crippen LogP contribution >= 0.6 is 0 Å². The van der Waals surface area contributed by atoms with E-state index in [1.54, 1.807) is 71.4 Å². The van der Waals surface area contributed by atoms with Gasteiger partial charge in [-0.1, -0.05) is 30.3 Å². The first kappa shape index (κ1) is 53.5. The van der Waals surface area contributed by atoms with Gasteiger partial charge < -0.3 is 38.6 Å². The molecular weight excluding hydrogens is 1040 g/mol. The number of aromatic amines is 3. The van der Waals surface area contributed by atoms with Crippen molar-refractivity contribution in [3.8, 4) is 34.4 Å². The molecule has 0 saturated heterocycles. The number of fused-ring (bicyclic) bond motifs is 3. The number of nitrogens with zero attached hydrogens (tertiary/aromatic N) is 9. The second-order valence-corrected chi connectivity index (χ2v) is 21.4. The van der Waals surface area contributed by atoms with E-state index in [-0.39, 0.29) is 11.5 Å². The van der Waals surface area contributed by atoms with Crippen molar-refractivity contribution in [1.82, 2.24) is 54.8 Å². The highest BCUT2D eigenvalue weighted by Gasteiger charge is 2.22. The third-order valence-corrected chi connectivity index (χ3v) is 16.1. The molecule has 1 aliphatic heterocycles. The minimum atomic E-state index is -1.46. The molecule has 0 aliphatic carbocycles. The summed E-state index contributed by atoms with van der Waals surface area (Å²) in [6.45, 7) is 10.9. The van der Waals surface area contributed by atoms with Crippen molar-refractivity contribution in [3.05, 3.63) is 142 Å². The van der Waals surface area contributed by atoms with Gasteiger partial charge >= 0.3 is 0 Å². The predicted octanol–water partition coefficient (Wildman–Crippen LogP) is 8.47. The molecule has 1 aliphatic rings. The minimum Gasteiger partial charge on any atom is -0.497 e. The summed E-state index contributed by atoms with van der Waals surface area (Å²) in [5.41, 5.74) is 12.4. The number of hydrogen-bond acceptors (Lipinski definition) is 17. The zero-order valence-electron chi connectivity index (χ0n) is 43.6. The van der Waals surface area contributed by atoms with E-state index >= 15 is 0 Å². The first-order valence-corrected chi connectivity index (χ1v) is 27.7. The van der Waals surface area contributed by atoms with E-state index in [9.17, 15) is 12.6 Å². The van der Waals surface area contributed by atoms with E-state index in [4.69, 9.17) is 23.7 Å². The Balaban J connectivity index is 0.000000141. The topological polar surface area (TPSA) is 260 Å². The molecule has 0 fully saturated rings. The van der Waals surface area contributed by atoms with E-state index in [1.165, 1.54) is 0 Å². The van der Waals surface area contributed by atoms with E-state index in [0.29, 0.717) is 79.1 Å². The highest BCUT2D eigenvalue weighted by atomic mass is 32.2. The fourth-order valence-corrected chi connectivity index (χ4v) is 11.9. The maximum absolute atomic E-state index is 13.3. The first-order valence-electron chi connectivity index (χ1n) is 23.9. The highest BCUT2D eigenvalue weighted by molar-refractivity contribution is 7.85. The van der Waals surface area contributed by atoms with Gasteiger partial charge in [0.05, 0.1) is 118 Å². The second-order valence-electron chi connectivity index (χ2n) is 17.4. The Morgan fingerprint density at radius 3 is 1.88 bits per heavy atom. The van der Waals surface area contributed by atoms with Crippen LogP contribution < -0.4 is 18.9 Å². The molecule has 20 nitrogen and oxygen atoms in total. The number of benzene rings is 2. The Morgan fingerprint density at radius 1 is 0.584 bits per heavy atom. The Hall–Kier alpha value is -8.28. The molecule has 23 heteroatoms. The first-order chi connectivity index (χ1) is 37.3. The number of nitrogens with one attached hydrogen (secondary N) is 3. The number of aliphatic imine (C=N–C) groups is 1. The average molecular weight is 1100 g/mol. The number of aryl methyl sites for hydroxylation is 3. The summed E-state index contributed by atoms with van der Waals surface area (Å²) in [5, 5.41) is 1.17. The van der Waals surface area contributed by atoms with Gasteiger partial charge in [0.15, 0.2) is 21.6 Å². The summed E-state index contributed by atoms with van der Waals surface area (Å²) < 4.78 is 65.5. The van der Waals surface area contributed by atoms with Gasteiger partial charge in [-0.15, -0.1) is 0 Å². The van der Waals surface area contributed by atoms with E-state index in [0.717, 1.165) is 72.9 Å². The zero-order valence-corrected chi connectivity index (χ0v) is 46.0. The number of hydrogen-bond donors (Lipinski definition) is 3. The van der Waals surface area contributed by atoms with Crippen LogP contribution in [0.3, 0.4) is 0 Å². The Kier molecular flexibility index (Phi) is 16.5. The molecule has 3 atom stereocenters. The van der Waals surface area contributed by atoms with Crippen molar-refractivity contribution in [2.75, 3.05) is 41.6 Å². The van der Waals surface area contributed by atoms with Crippen molar-refractivity contribution in [2.24, 2.45) is 4.99 Å². The summed E-state index contributed by atoms with van der Waals surface area (Å²) in [6.07, 6.45) is 6.80. The molecule has 11 rings (SSSR count). The maximum Gasteiger partial charge on any atom is 0.217 e. The summed E-state index contributed by atoms with van der Waals surface area (Å²) in [5.74, 6) is 3.78. The smallest absolute Gasteiger partial charge is 0.217 e. The van der Waals surface area contributed by atoms with Gasteiger partial charge in [-0.2, -0.15) is 4.98 Å². The predicted molar refractivity (Wildman–Crippen MR) is 294 cm³/mol. The SMILES string of the molecule is COc1c(C)cnc(CS(=O)c2nc3ncc(C4=NCCO4)cc3[nH]2)c1C.COc1ccc2[nH]c(S(=O)Cc3ncc(C)c(OC)c3C)nc2n1.COc1ccnc(-c2cccc(C)c2S(=O)c2nc3ccccc3[nH]2)c1. The molecule has 0 radical (unpaired) electrons. The molecule has 0 bridgehead atoms. The lowest BCUT2D eigenvalue weighted by atomic mass is 10.1. The van der Waals surface area contributed by atoms with Gasteiger partial charge in [0.25, 0.3) is 0 Å². The van der Waals surface area contributed by atoms with Gasteiger partial charge in [0.2, 0.25) is 16.9 Å². The number of para-hydroxylation sites is 2. The lowest BCUT2D eigenvalue weighted by Crippen LogP contribution is -2.05. The third-order valence-electron chi connectivity index (χ3n) is 12.3. The monoisotopic (exact) mass is 1090 g/mol. The molecule has 0 saturated carbocycles. The van der Waals surface area contributed by atoms with Gasteiger partial charge in [0.1, 0.15) is 34.7 Å². The number of H-pyrrole nitrogens is 3. The molecule has 2 aromatic carbocycles. The number of ether oxygens (including phenoxy) is 5. The number of rotatable bonds is 14. The van der Waals surface area contributed by atoms with Crippen LogP contribution in [0.2, 0.25) is 0 Å². The summed E-state index contributed by atoms with van der Waals surface area (Å²) in [7, 11) is 2.18. The molecule has 8 aromatic heterocycles. The van der Waals surface area contributed by atoms with E-state index < -0.39 is 32.4 Å². The lowest BCUT2D eigenvalue weighted by molar-refractivity contribution is 0.348. The van der Waals surface area contributed by atoms with Crippen LogP contribution in [0.25, 0.3) is 44.6 Å². The van der Waals surface area contributed by atoms with Crippen LogP contribution in [0, 0.1) is 34.6 Å². The van der Waals surface area contributed by atoms with Crippen LogP contribution in [0.5, 0.6) is 23.1 Å². The van der Waals surface area contributed by atoms with Crippen molar-refractivity contribution < 1.29 is 36.3 Å². The summed E-state index contributed by atoms with van der Waals surface area (Å²) in [4.78, 5) is 49.2. The fraction of sp³-hybridized carbons (Fsp3) is 0.241. The van der Waals surface area contributed by atoms with E-state index in [2.05, 4.69) is 59.8 Å². The Labute approximate surface area is 450 Å². The second kappa shape index (κ2) is 23.7. The van der Waals surface area contributed by atoms with Gasteiger partial charge in [0, 0.05) is 64.7 Å². The third kappa shape index (κ3) is 11.8. The van der Waals surface area contributed by atoms with Gasteiger partial charge in [-0.25, -0.2) is 29.1 Å². The summed E-state index contributed by atoms with van der Waals surface area (Å²) >= 11 is 0. The molecule has 0 spiro atoms. The molecule has 3 unspecified atom stereocenters. The molecule has 77 heavy (non-hydrogen) atoms. The van der Waals surface area contributed by atoms with Crippen LogP contribution in [0.1, 0.15) is 44.8 Å². The average Bonchev–Trinajstić information content (AvgIpc) is 4.31. The highest BCUT2D eigenvalue weighted by Crippen LogP contribution is 2.33. The molecular formula is C54H54N12O8S3. The van der Waals surface area contributed by atoms with Crippen LogP contribution in [0.4, 0.5) is 0 Å². The summed E-state index contributed by atoms with van der Waals surface area (Å²) in [6, 6.07) is 22.5. The van der Waals surface area contributed by atoms with Crippen LogP contribution in [0.15, 0.2) is 123 Å². The van der Waals surface area contributed by atoms with Crippen LogP contribution in [-0.2, 0) is 48.6 Å². The molecule has 396 valence electrons. The largest absolute Gasteiger partial charge is 0.497 e. The van der Waals surface area contributed by atoms with Crippen LogP contribution in [-0.4, -0.2) is 115 Å². The standard InChI is InChI=1S/C20H17N3O2S.C18H19N5O3S.C16H18N4O3S/c1-13-6-5-7-15(18-12-14(25-2)10-11-21-18)19(13)26(24)20-22-16-8-3-4-9-17(16)23-20;1-10-7-20-14(11(2)15(10)25-3)9-27(24)18-22-13-6-12(8-21-16(13)23-18)17-19-4-5-26-17;1-9-7-17-12(10(2)14(9)23-4)8-24(21)16-18-11-5-6-13(22-3)19-15(11)20-16/h3-12H,1-2H3,(H,22,23);6-8H,4-5,9H2,1-3H3,(H,21,22,23);5-7H,8H2,1-4H3,(H,18,19,20). The van der Waals surface area contributed by atoms with Gasteiger partial charge in [-0.3, -0.25) is 23.4 Å². The van der Waals surface area contributed by atoms with E-state index in [1.807, 2.05) is 89.2 Å². The molecule has 10 aromatic rings. The van der Waals surface area contributed by atoms with Crippen molar-refractivity contribution in [1.29, 1.82) is 0 Å². The maximum atomic E-state index is 13.3.